The zero-order valence-corrected chi connectivity index (χ0v) is 12.0. The molecule has 4 heteroatoms. The van der Waals surface area contributed by atoms with Crippen LogP contribution in [0.3, 0.4) is 0 Å². The van der Waals surface area contributed by atoms with Crippen LogP contribution in [0, 0.1) is 0 Å². The molecule has 4 nitrogen and oxygen atoms in total. The Hall–Kier alpha value is -2.20. The number of nitrogens with one attached hydrogen (secondary N) is 1. The Kier molecular flexibility index (Phi) is 3.97. The van der Waals surface area contributed by atoms with E-state index in [1.165, 1.54) is 5.56 Å². The highest BCUT2D eigenvalue weighted by Crippen LogP contribution is 2.31. The smallest absolute Gasteiger partial charge is 0.141 e. The van der Waals surface area contributed by atoms with E-state index in [9.17, 15) is 5.11 Å². The lowest BCUT2D eigenvalue weighted by Gasteiger charge is -2.20. The van der Waals surface area contributed by atoms with Crippen LogP contribution in [0.2, 0.25) is 0 Å². The first kappa shape index (κ1) is 13.8. The number of rotatable bonds is 5. The molecule has 2 N–H and O–H groups in total. The third-order valence-electron chi connectivity index (χ3n) is 3.74. The van der Waals surface area contributed by atoms with Crippen molar-refractivity contribution in [2.45, 2.75) is 12.5 Å². The molecule has 0 bridgehead atoms. The van der Waals surface area contributed by atoms with Crippen LogP contribution < -0.4 is 14.8 Å². The molecule has 0 amide bonds. The molecule has 1 atom stereocenters. The van der Waals surface area contributed by atoms with Crippen LogP contribution in [0.25, 0.3) is 0 Å². The maximum absolute atomic E-state index is 9.72. The second-order valence-corrected chi connectivity index (χ2v) is 5.05. The minimum atomic E-state index is -0.174. The van der Waals surface area contributed by atoms with Crippen LogP contribution in [0.5, 0.6) is 11.5 Å². The lowest BCUT2D eigenvalue weighted by Crippen LogP contribution is -2.15. The highest BCUT2D eigenvalue weighted by Gasteiger charge is 2.17. The van der Waals surface area contributed by atoms with Crippen molar-refractivity contribution in [2.75, 3.05) is 25.6 Å². The number of aliphatic hydroxyl groups excluding tert-OH is 1. The van der Waals surface area contributed by atoms with Crippen LogP contribution in [-0.4, -0.2) is 25.4 Å². The molecule has 0 saturated carbocycles. The monoisotopic (exact) mass is 285 g/mol. The maximum atomic E-state index is 9.72. The SMILES string of the molecule is COc1ccccc1NC(CO)c1ccc2c(c1)CCO2. The number of hydrogen-bond acceptors (Lipinski definition) is 4. The van der Waals surface area contributed by atoms with Gasteiger partial charge in [0.15, 0.2) is 0 Å². The number of fused-ring (bicyclic) bond motifs is 1. The zero-order valence-electron chi connectivity index (χ0n) is 12.0. The summed E-state index contributed by atoms with van der Waals surface area (Å²) in [5.41, 5.74) is 3.12. The van der Waals surface area contributed by atoms with Crippen molar-refractivity contribution in [3.63, 3.8) is 0 Å². The van der Waals surface area contributed by atoms with Gasteiger partial charge in [0.1, 0.15) is 11.5 Å². The molecule has 0 aliphatic carbocycles. The van der Waals surface area contributed by atoms with Gasteiger partial charge in [-0.2, -0.15) is 0 Å². The summed E-state index contributed by atoms with van der Waals surface area (Å²) in [7, 11) is 1.64. The lowest BCUT2D eigenvalue weighted by atomic mass is 10.0. The first-order valence-corrected chi connectivity index (χ1v) is 7.08. The lowest BCUT2D eigenvalue weighted by molar-refractivity contribution is 0.276. The van der Waals surface area contributed by atoms with Crippen molar-refractivity contribution < 1.29 is 14.6 Å². The predicted molar refractivity (Wildman–Crippen MR) is 82.1 cm³/mol. The average molecular weight is 285 g/mol. The molecule has 110 valence electrons. The number of methoxy groups -OCH3 is 1. The fourth-order valence-corrected chi connectivity index (χ4v) is 2.61. The number of aliphatic hydroxyl groups is 1. The summed E-state index contributed by atoms with van der Waals surface area (Å²) < 4.78 is 10.9. The Morgan fingerprint density at radius 3 is 2.95 bits per heavy atom. The first-order chi connectivity index (χ1) is 10.3. The molecule has 0 saturated heterocycles. The van der Waals surface area contributed by atoms with Crippen molar-refractivity contribution >= 4 is 5.69 Å². The number of ether oxygens (including phenoxy) is 2. The summed E-state index contributed by atoms with van der Waals surface area (Å²) in [6.07, 6.45) is 0.927. The van der Waals surface area contributed by atoms with E-state index in [0.717, 1.165) is 35.8 Å². The van der Waals surface area contributed by atoms with E-state index in [1.807, 2.05) is 36.4 Å². The van der Waals surface area contributed by atoms with E-state index in [0.29, 0.717) is 0 Å². The predicted octanol–water partition coefficient (Wildman–Crippen LogP) is 2.78. The largest absolute Gasteiger partial charge is 0.495 e. The topological polar surface area (TPSA) is 50.7 Å². The van der Waals surface area contributed by atoms with Crippen molar-refractivity contribution in [3.8, 4) is 11.5 Å². The Morgan fingerprint density at radius 2 is 2.14 bits per heavy atom. The molecule has 2 aromatic carbocycles. The second kappa shape index (κ2) is 6.06. The molecule has 21 heavy (non-hydrogen) atoms. The van der Waals surface area contributed by atoms with Gasteiger partial charge in [0.05, 0.1) is 32.1 Å². The summed E-state index contributed by atoms with van der Waals surface area (Å²) in [6, 6.07) is 13.6. The zero-order chi connectivity index (χ0) is 14.7. The van der Waals surface area contributed by atoms with E-state index in [2.05, 4.69) is 11.4 Å². The van der Waals surface area contributed by atoms with Crippen molar-refractivity contribution in [1.29, 1.82) is 0 Å². The number of benzene rings is 2. The average Bonchev–Trinajstić information content (AvgIpc) is 3.00. The Labute approximate surface area is 124 Å². The molecular formula is C17H19NO3. The van der Waals surface area contributed by atoms with Crippen LogP contribution in [0.1, 0.15) is 17.2 Å². The van der Waals surface area contributed by atoms with Crippen LogP contribution in [-0.2, 0) is 6.42 Å². The Bertz CT molecular complexity index is 627. The standard InChI is InChI=1S/C17H19NO3/c1-20-17-5-3-2-4-14(17)18-15(11-19)12-6-7-16-13(10-12)8-9-21-16/h2-7,10,15,18-19H,8-9,11H2,1H3. The van der Waals surface area contributed by atoms with Gasteiger partial charge in [0, 0.05) is 6.42 Å². The first-order valence-electron chi connectivity index (χ1n) is 7.08. The van der Waals surface area contributed by atoms with E-state index in [4.69, 9.17) is 9.47 Å². The number of hydrogen-bond donors (Lipinski definition) is 2. The minimum Gasteiger partial charge on any atom is -0.495 e. The fourth-order valence-electron chi connectivity index (χ4n) is 2.61. The maximum Gasteiger partial charge on any atom is 0.141 e. The second-order valence-electron chi connectivity index (χ2n) is 5.05. The van der Waals surface area contributed by atoms with Crippen molar-refractivity contribution in [3.05, 3.63) is 53.6 Å². The molecule has 0 fully saturated rings. The van der Waals surface area contributed by atoms with Gasteiger partial charge in [-0.25, -0.2) is 0 Å². The number of anilines is 1. The summed E-state index contributed by atoms with van der Waals surface area (Å²) in [4.78, 5) is 0. The van der Waals surface area contributed by atoms with E-state index in [1.54, 1.807) is 7.11 Å². The molecule has 0 aromatic heterocycles. The van der Waals surface area contributed by atoms with Gasteiger partial charge >= 0.3 is 0 Å². The highest BCUT2D eigenvalue weighted by atomic mass is 16.5. The Balaban J connectivity index is 1.85. The van der Waals surface area contributed by atoms with Gasteiger partial charge in [0.25, 0.3) is 0 Å². The van der Waals surface area contributed by atoms with E-state index in [-0.39, 0.29) is 12.6 Å². The molecule has 2 aromatic rings. The molecule has 0 spiro atoms. The van der Waals surface area contributed by atoms with E-state index >= 15 is 0 Å². The molecule has 3 rings (SSSR count). The highest BCUT2D eigenvalue weighted by molar-refractivity contribution is 5.57. The van der Waals surface area contributed by atoms with Gasteiger partial charge in [-0.15, -0.1) is 0 Å². The molecule has 1 aliphatic heterocycles. The number of para-hydroxylation sites is 2. The minimum absolute atomic E-state index is 0.0116. The van der Waals surface area contributed by atoms with Crippen molar-refractivity contribution in [2.24, 2.45) is 0 Å². The third-order valence-corrected chi connectivity index (χ3v) is 3.74. The third kappa shape index (κ3) is 2.81. The van der Waals surface area contributed by atoms with Gasteiger partial charge in [-0.1, -0.05) is 18.2 Å². The van der Waals surface area contributed by atoms with Crippen LogP contribution in [0.4, 0.5) is 5.69 Å². The summed E-state index contributed by atoms with van der Waals surface area (Å²) in [5.74, 6) is 1.72. The summed E-state index contributed by atoms with van der Waals surface area (Å²) in [6.45, 7) is 0.750. The summed E-state index contributed by atoms with van der Waals surface area (Å²) in [5, 5.41) is 13.1. The van der Waals surface area contributed by atoms with E-state index < -0.39 is 0 Å². The van der Waals surface area contributed by atoms with Crippen molar-refractivity contribution in [1.82, 2.24) is 0 Å². The molecule has 0 radical (unpaired) electrons. The van der Waals surface area contributed by atoms with Crippen LogP contribution >= 0.6 is 0 Å². The quantitative estimate of drug-likeness (QED) is 0.887. The van der Waals surface area contributed by atoms with Crippen LogP contribution in [0.15, 0.2) is 42.5 Å². The van der Waals surface area contributed by atoms with Gasteiger partial charge < -0.3 is 19.9 Å². The molecular weight excluding hydrogens is 266 g/mol. The van der Waals surface area contributed by atoms with Gasteiger partial charge in [0.2, 0.25) is 0 Å². The van der Waals surface area contributed by atoms with Gasteiger partial charge in [-0.3, -0.25) is 0 Å². The molecule has 1 aliphatic rings. The van der Waals surface area contributed by atoms with Gasteiger partial charge in [-0.05, 0) is 35.4 Å². The molecule has 1 unspecified atom stereocenters. The Morgan fingerprint density at radius 1 is 1.29 bits per heavy atom. The normalized spacial score (nSPS) is 14.2. The fraction of sp³-hybridized carbons (Fsp3) is 0.294. The molecule has 1 heterocycles. The summed E-state index contributed by atoms with van der Waals surface area (Å²) >= 11 is 0.